The van der Waals surface area contributed by atoms with Crippen molar-refractivity contribution in [3.8, 4) is 11.8 Å². The molecule has 6 atom stereocenters. The van der Waals surface area contributed by atoms with Gasteiger partial charge in [0.1, 0.15) is 42.0 Å². The van der Waals surface area contributed by atoms with Crippen molar-refractivity contribution in [2.75, 3.05) is 38.8 Å². The van der Waals surface area contributed by atoms with Crippen LogP contribution >= 0.6 is 7.82 Å². The lowest BCUT2D eigenvalue weighted by molar-refractivity contribution is -0.0648. The first-order chi connectivity index (χ1) is 28.0. The SMILES string of the molecule is CCCCCCCCCCCCCCCCCCOC[C@@H](COc1cccc(C(F)F)c1)COP(=O)(O)OC[C@H]1O[C@@](C#N)(c2ccc3c(N)ncnn23)[C@H](O)[C@@H]1O. The van der Waals surface area contributed by atoms with Gasteiger partial charge in [0, 0.05) is 18.1 Å². The Kier molecular flexibility index (Phi) is 20.2. The molecule has 0 saturated carbocycles. The molecule has 0 spiro atoms. The Morgan fingerprint density at radius 2 is 1.57 bits per heavy atom. The molecule has 14 nitrogen and oxygen atoms in total. The van der Waals surface area contributed by atoms with E-state index in [-0.39, 0.29) is 42.6 Å². The predicted molar refractivity (Wildman–Crippen MR) is 214 cm³/mol. The Morgan fingerprint density at radius 3 is 2.19 bits per heavy atom. The number of unbranched alkanes of at least 4 members (excludes halogenated alkanes) is 15. The largest absolute Gasteiger partial charge is 0.493 e. The first kappa shape index (κ1) is 47.4. The second kappa shape index (κ2) is 24.7. The van der Waals surface area contributed by atoms with E-state index in [1.165, 1.54) is 124 Å². The van der Waals surface area contributed by atoms with Crippen LogP contribution in [-0.2, 0) is 28.7 Å². The number of nitrogen functional groups attached to an aromatic ring is 1. The molecule has 2 aromatic heterocycles. The number of phosphoric ester groups is 1. The van der Waals surface area contributed by atoms with Crippen LogP contribution in [0.5, 0.6) is 5.75 Å². The third-order valence-electron chi connectivity index (χ3n) is 10.5. The number of benzene rings is 1. The van der Waals surface area contributed by atoms with Gasteiger partial charge in [-0.05, 0) is 30.7 Å². The second-order valence-corrected chi connectivity index (χ2v) is 16.5. The van der Waals surface area contributed by atoms with E-state index in [0.29, 0.717) is 12.1 Å². The zero-order valence-corrected chi connectivity index (χ0v) is 34.5. The molecule has 0 radical (unpaired) electrons. The summed E-state index contributed by atoms with van der Waals surface area (Å²) in [6, 6.07) is 10.3. The van der Waals surface area contributed by atoms with Gasteiger partial charge in [-0.25, -0.2) is 22.8 Å². The van der Waals surface area contributed by atoms with E-state index in [9.17, 15) is 33.7 Å². The number of rotatable bonds is 30. The highest BCUT2D eigenvalue weighted by Crippen LogP contribution is 2.46. The van der Waals surface area contributed by atoms with Gasteiger partial charge in [-0.3, -0.25) is 9.05 Å². The monoisotopic (exact) mass is 837 g/mol. The van der Waals surface area contributed by atoms with E-state index in [4.69, 9.17) is 29.0 Å². The molecular weight excluding hydrogens is 775 g/mol. The van der Waals surface area contributed by atoms with Crippen molar-refractivity contribution in [1.29, 1.82) is 5.26 Å². The van der Waals surface area contributed by atoms with E-state index in [2.05, 4.69) is 17.0 Å². The molecule has 3 heterocycles. The smallest absolute Gasteiger partial charge is 0.472 e. The highest BCUT2D eigenvalue weighted by atomic mass is 31.2. The maximum atomic E-state index is 13.3. The number of fused-ring (bicyclic) bond motifs is 1. The van der Waals surface area contributed by atoms with Crippen LogP contribution in [-0.4, -0.2) is 81.1 Å². The molecule has 0 amide bonds. The fourth-order valence-electron chi connectivity index (χ4n) is 7.06. The Morgan fingerprint density at radius 1 is 0.931 bits per heavy atom. The highest BCUT2D eigenvalue weighted by molar-refractivity contribution is 7.47. The summed E-state index contributed by atoms with van der Waals surface area (Å²) in [4.78, 5) is 14.5. The van der Waals surface area contributed by atoms with Crippen LogP contribution < -0.4 is 10.5 Å². The first-order valence-corrected chi connectivity index (χ1v) is 22.2. The van der Waals surface area contributed by atoms with E-state index in [1.54, 1.807) is 0 Å². The molecule has 1 aliphatic rings. The molecule has 324 valence electrons. The average molecular weight is 838 g/mol. The molecule has 1 aliphatic heterocycles. The third kappa shape index (κ3) is 14.5. The molecule has 1 saturated heterocycles. The molecule has 17 heteroatoms. The van der Waals surface area contributed by atoms with E-state index in [1.807, 2.05) is 6.07 Å². The first-order valence-electron chi connectivity index (χ1n) is 20.8. The second-order valence-electron chi connectivity index (χ2n) is 15.1. The summed E-state index contributed by atoms with van der Waals surface area (Å²) in [7, 11) is -4.80. The zero-order chi connectivity index (χ0) is 41.8. The lowest BCUT2D eigenvalue weighted by atomic mass is 9.92. The fourth-order valence-corrected chi connectivity index (χ4v) is 7.86. The number of nitrogens with two attached hydrogens (primary N) is 1. The number of alkyl halides is 2. The summed E-state index contributed by atoms with van der Waals surface area (Å²) < 4.78 is 68.7. The van der Waals surface area contributed by atoms with E-state index < -0.39 is 50.7 Å². The number of aliphatic hydroxyl groups excluding tert-OH is 2. The van der Waals surface area contributed by atoms with Gasteiger partial charge in [-0.2, -0.15) is 10.4 Å². The van der Waals surface area contributed by atoms with Crippen LogP contribution in [0.1, 0.15) is 127 Å². The van der Waals surface area contributed by atoms with Crippen molar-refractivity contribution in [2.24, 2.45) is 5.92 Å². The predicted octanol–water partition coefficient (Wildman–Crippen LogP) is 8.20. The summed E-state index contributed by atoms with van der Waals surface area (Å²) in [5.74, 6) is -0.295. The van der Waals surface area contributed by atoms with Crippen molar-refractivity contribution >= 4 is 19.2 Å². The molecule has 58 heavy (non-hydrogen) atoms. The van der Waals surface area contributed by atoms with Crippen molar-refractivity contribution in [2.45, 2.75) is 140 Å². The Bertz CT molecular complexity index is 1730. The van der Waals surface area contributed by atoms with Gasteiger partial charge in [0.05, 0.1) is 32.1 Å². The van der Waals surface area contributed by atoms with Crippen LogP contribution in [0, 0.1) is 17.2 Å². The van der Waals surface area contributed by atoms with Crippen LogP contribution in [0.15, 0.2) is 42.7 Å². The standard InChI is InChI=1S/C41H62F2N5O9P/c1-2-3-4-5-6-7-8-9-10-11-12-13-14-15-16-17-23-53-25-31(26-54-33-20-18-19-32(24-33)39(42)43)27-55-58(51,52)56-28-35-37(49)38(50)41(29-44,57-35)36-22-21-34-40(45)46-30-47-48(34)36/h18-22,24,30-31,35,37-39,49-50H,2-17,23,25-28H2,1H3,(H,51,52)(H2,45,46,47)/t31-,35+,37+,38+,41-/m0/s1. The lowest BCUT2D eigenvalue weighted by Gasteiger charge is -2.24. The molecule has 0 bridgehead atoms. The average Bonchev–Trinajstić information content (AvgIpc) is 3.76. The van der Waals surface area contributed by atoms with Gasteiger partial charge in [0.25, 0.3) is 6.43 Å². The minimum atomic E-state index is -4.80. The number of aromatic nitrogens is 3. The van der Waals surface area contributed by atoms with Crippen molar-refractivity contribution in [1.82, 2.24) is 14.6 Å². The topological polar surface area (TPSA) is 204 Å². The van der Waals surface area contributed by atoms with Crippen molar-refractivity contribution in [3.63, 3.8) is 0 Å². The molecule has 1 fully saturated rings. The van der Waals surface area contributed by atoms with E-state index in [0.717, 1.165) is 25.6 Å². The van der Waals surface area contributed by atoms with Gasteiger partial charge >= 0.3 is 7.82 Å². The normalized spacial score (nSPS) is 21.0. The van der Waals surface area contributed by atoms with Gasteiger partial charge in [-0.15, -0.1) is 0 Å². The molecule has 3 aromatic rings. The third-order valence-corrected chi connectivity index (χ3v) is 11.4. The molecule has 0 aliphatic carbocycles. The Labute approximate surface area is 340 Å². The summed E-state index contributed by atoms with van der Waals surface area (Å²) >= 11 is 0. The Balaban J connectivity index is 1.20. The number of hydrogen-bond donors (Lipinski definition) is 4. The van der Waals surface area contributed by atoms with Crippen LogP contribution in [0.3, 0.4) is 0 Å². The van der Waals surface area contributed by atoms with Crippen molar-refractivity contribution in [3.05, 3.63) is 54.0 Å². The van der Waals surface area contributed by atoms with Gasteiger partial charge in [-0.1, -0.05) is 115 Å². The Hall–Kier alpha value is -3.26. The minimum absolute atomic E-state index is 0.0538. The van der Waals surface area contributed by atoms with Crippen LogP contribution in [0.25, 0.3) is 5.52 Å². The number of ether oxygens (including phenoxy) is 3. The zero-order valence-electron chi connectivity index (χ0n) is 33.6. The number of anilines is 1. The van der Waals surface area contributed by atoms with Gasteiger partial charge in [0.2, 0.25) is 5.60 Å². The lowest BCUT2D eigenvalue weighted by Crippen LogP contribution is -2.41. The summed E-state index contributed by atoms with van der Waals surface area (Å²) in [5.41, 5.74) is 3.95. The maximum Gasteiger partial charge on any atom is 0.472 e. The summed E-state index contributed by atoms with van der Waals surface area (Å²) in [6.07, 6.45) is 13.6. The van der Waals surface area contributed by atoms with E-state index >= 15 is 0 Å². The van der Waals surface area contributed by atoms with Gasteiger partial charge in [0.15, 0.2) is 5.82 Å². The van der Waals surface area contributed by atoms with Gasteiger partial charge < -0.3 is 35.1 Å². The number of phosphoric acid groups is 1. The number of nitriles is 1. The molecule has 4 rings (SSSR count). The highest BCUT2D eigenvalue weighted by Gasteiger charge is 2.58. The summed E-state index contributed by atoms with van der Waals surface area (Å²) in [6.45, 7) is 1.63. The number of hydrogen-bond acceptors (Lipinski definition) is 12. The minimum Gasteiger partial charge on any atom is -0.493 e. The number of nitrogens with zero attached hydrogens (tertiary/aromatic N) is 4. The molecular formula is C41H62F2N5O9P. The molecule has 1 unspecified atom stereocenters. The maximum absolute atomic E-state index is 13.3. The fraction of sp³-hybridized carbons (Fsp3) is 0.683. The molecule has 1 aromatic carbocycles. The van der Waals surface area contributed by atoms with Crippen LogP contribution in [0.2, 0.25) is 0 Å². The van der Waals surface area contributed by atoms with Crippen molar-refractivity contribution < 1.29 is 51.7 Å². The number of halogens is 2. The quantitative estimate of drug-likeness (QED) is 0.0370. The number of aliphatic hydroxyl groups is 2. The summed E-state index contributed by atoms with van der Waals surface area (Å²) in [5, 5.41) is 36.0. The molecule has 5 N–H and O–H groups in total. The van der Waals surface area contributed by atoms with Crippen LogP contribution in [0.4, 0.5) is 14.6 Å².